The van der Waals surface area contributed by atoms with Gasteiger partial charge in [-0.15, -0.1) is 0 Å². The lowest BCUT2D eigenvalue weighted by Crippen LogP contribution is -2.52. The average Bonchev–Trinajstić information content (AvgIpc) is 2.79. The summed E-state index contributed by atoms with van der Waals surface area (Å²) in [5.74, 6) is -0.505. The Labute approximate surface area is 207 Å². The Morgan fingerprint density at radius 3 is 2.17 bits per heavy atom. The van der Waals surface area contributed by atoms with Crippen LogP contribution in [0, 0.1) is 0 Å². The molecule has 2 aromatic rings. The molecule has 9 nitrogen and oxygen atoms in total. The molecule has 0 fully saturated rings. The monoisotopic (exact) mass is 503 g/mol. The highest BCUT2D eigenvalue weighted by molar-refractivity contribution is 7.92. The summed E-state index contributed by atoms with van der Waals surface area (Å²) in [4.78, 5) is 39.4. The van der Waals surface area contributed by atoms with E-state index in [4.69, 9.17) is 4.74 Å². The number of methoxy groups -OCH3 is 1. The number of nitrogens with zero attached hydrogens (tertiary/aromatic N) is 2. The zero-order valence-electron chi connectivity index (χ0n) is 20.9. The highest BCUT2D eigenvalue weighted by Gasteiger charge is 2.30. The molecule has 0 heterocycles. The molecule has 0 bridgehead atoms. The second kappa shape index (κ2) is 11.8. The number of benzene rings is 2. The van der Waals surface area contributed by atoms with Gasteiger partial charge in [-0.3, -0.25) is 18.7 Å². The first-order chi connectivity index (χ1) is 16.3. The lowest BCUT2D eigenvalue weighted by Gasteiger charge is -2.32. The van der Waals surface area contributed by atoms with Crippen LogP contribution in [0.2, 0.25) is 0 Å². The SMILES string of the molecule is COc1ccc(CN(C(=O)CN(c2cccc(C(C)=O)c2)S(C)(=O)=O)[C@@H](C)C(=O)NC(C)C)cc1. The van der Waals surface area contributed by atoms with E-state index in [-0.39, 0.29) is 30.0 Å². The first-order valence-electron chi connectivity index (χ1n) is 11.1. The number of nitrogens with one attached hydrogen (secondary N) is 1. The number of anilines is 1. The summed E-state index contributed by atoms with van der Waals surface area (Å²) < 4.78 is 31.4. The van der Waals surface area contributed by atoms with Crippen molar-refractivity contribution < 1.29 is 27.5 Å². The minimum absolute atomic E-state index is 0.0839. The van der Waals surface area contributed by atoms with Crippen molar-refractivity contribution in [3.05, 3.63) is 59.7 Å². The zero-order valence-corrected chi connectivity index (χ0v) is 21.8. The minimum Gasteiger partial charge on any atom is -0.497 e. The van der Waals surface area contributed by atoms with Crippen LogP contribution in [0.5, 0.6) is 5.75 Å². The maximum atomic E-state index is 13.5. The molecule has 35 heavy (non-hydrogen) atoms. The van der Waals surface area contributed by atoms with E-state index < -0.39 is 28.5 Å². The molecule has 2 amide bonds. The normalized spacial score (nSPS) is 12.1. The van der Waals surface area contributed by atoms with Crippen molar-refractivity contribution in [3.63, 3.8) is 0 Å². The first kappa shape index (κ1) is 27.8. The van der Waals surface area contributed by atoms with Gasteiger partial charge in [-0.2, -0.15) is 0 Å². The van der Waals surface area contributed by atoms with Gasteiger partial charge in [-0.1, -0.05) is 24.3 Å². The number of rotatable bonds is 11. The van der Waals surface area contributed by atoms with Crippen LogP contribution >= 0.6 is 0 Å². The molecule has 1 N–H and O–H groups in total. The summed E-state index contributed by atoms with van der Waals surface area (Å²) in [6, 6.07) is 12.1. The van der Waals surface area contributed by atoms with E-state index >= 15 is 0 Å². The number of hydrogen-bond acceptors (Lipinski definition) is 6. The van der Waals surface area contributed by atoms with Gasteiger partial charge in [0, 0.05) is 18.2 Å². The van der Waals surface area contributed by atoms with Crippen molar-refractivity contribution in [1.82, 2.24) is 10.2 Å². The summed E-state index contributed by atoms with van der Waals surface area (Å²) in [7, 11) is -2.33. The fourth-order valence-corrected chi connectivity index (χ4v) is 4.25. The number of ether oxygens (including phenoxy) is 1. The van der Waals surface area contributed by atoms with Gasteiger partial charge in [-0.05, 0) is 57.5 Å². The fraction of sp³-hybridized carbons (Fsp3) is 0.400. The second-order valence-electron chi connectivity index (χ2n) is 8.59. The average molecular weight is 504 g/mol. The summed E-state index contributed by atoms with van der Waals surface area (Å²) in [5, 5.41) is 2.79. The Morgan fingerprint density at radius 1 is 1.03 bits per heavy atom. The largest absolute Gasteiger partial charge is 0.497 e. The lowest BCUT2D eigenvalue weighted by atomic mass is 10.1. The second-order valence-corrected chi connectivity index (χ2v) is 10.5. The highest BCUT2D eigenvalue weighted by atomic mass is 32.2. The van der Waals surface area contributed by atoms with Crippen LogP contribution in [0.3, 0.4) is 0 Å². The van der Waals surface area contributed by atoms with Crippen LogP contribution in [0.25, 0.3) is 0 Å². The molecule has 0 saturated carbocycles. The van der Waals surface area contributed by atoms with Crippen molar-refractivity contribution >= 4 is 33.3 Å². The molecule has 0 saturated heterocycles. The third kappa shape index (κ3) is 7.81. The van der Waals surface area contributed by atoms with E-state index in [0.717, 1.165) is 16.1 Å². The Morgan fingerprint density at radius 2 is 1.66 bits per heavy atom. The first-order valence-corrected chi connectivity index (χ1v) is 13.0. The Kier molecular flexibility index (Phi) is 9.41. The van der Waals surface area contributed by atoms with Crippen molar-refractivity contribution in [2.24, 2.45) is 0 Å². The van der Waals surface area contributed by atoms with Gasteiger partial charge < -0.3 is 15.0 Å². The van der Waals surface area contributed by atoms with Gasteiger partial charge in [0.05, 0.1) is 19.1 Å². The van der Waals surface area contributed by atoms with E-state index in [1.165, 1.54) is 24.0 Å². The molecule has 0 aliphatic carbocycles. The van der Waals surface area contributed by atoms with E-state index in [1.807, 2.05) is 13.8 Å². The van der Waals surface area contributed by atoms with Crippen molar-refractivity contribution in [1.29, 1.82) is 0 Å². The number of amides is 2. The maximum Gasteiger partial charge on any atom is 0.244 e. The topological polar surface area (TPSA) is 113 Å². The Hall–Kier alpha value is -3.40. The van der Waals surface area contributed by atoms with Gasteiger partial charge in [0.15, 0.2) is 5.78 Å². The van der Waals surface area contributed by atoms with Crippen LogP contribution in [0.4, 0.5) is 5.69 Å². The third-order valence-corrected chi connectivity index (χ3v) is 6.47. The Bertz CT molecular complexity index is 1160. The molecule has 0 radical (unpaired) electrons. The van der Waals surface area contributed by atoms with Gasteiger partial charge >= 0.3 is 0 Å². The molecular formula is C25H33N3O6S. The molecule has 10 heteroatoms. The van der Waals surface area contributed by atoms with Crippen LogP contribution < -0.4 is 14.4 Å². The van der Waals surface area contributed by atoms with Gasteiger partial charge in [0.2, 0.25) is 21.8 Å². The van der Waals surface area contributed by atoms with E-state index in [1.54, 1.807) is 50.4 Å². The number of carbonyl (C=O) groups is 3. The fourth-order valence-electron chi connectivity index (χ4n) is 3.41. The molecule has 0 spiro atoms. The van der Waals surface area contributed by atoms with E-state index in [9.17, 15) is 22.8 Å². The van der Waals surface area contributed by atoms with Crippen LogP contribution in [-0.2, 0) is 26.2 Å². The standard InChI is InChI=1S/C25H33N3O6S/c1-17(2)26-25(31)18(3)27(15-20-10-12-23(34-5)13-11-20)24(30)16-28(35(6,32)33)22-9-7-8-21(14-22)19(4)29/h7-14,17-18H,15-16H2,1-6H3,(H,26,31)/t18-/m0/s1. The summed E-state index contributed by atoms with van der Waals surface area (Å²) in [5.41, 5.74) is 1.26. The predicted octanol–water partition coefficient (Wildman–Crippen LogP) is 2.61. The zero-order chi connectivity index (χ0) is 26.3. The van der Waals surface area contributed by atoms with Crippen LogP contribution in [-0.4, -0.2) is 62.9 Å². The quantitative estimate of drug-likeness (QED) is 0.472. The molecule has 2 rings (SSSR count). The lowest BCUT2D eigenvalue weighted by molar-refractivity contribution is -0.139. The van der Waals surface area contributed by atoms with Crippen molar-refractivity contribution in [2.45, 2.75) is 46.3 Å². The molecule has 0 unspecified atom stereocenters. The number of carbonyl (C=O) groups excluding carboxylic acids is 3. The number of Topliss-reactive ketones (excluding diaryl/α,β-unsaturated/α-hetero) is 1. The smallest absolute Gasteiger partial charge is 0.244 e. The molecule has 1 atom stereocenters. The van der Waals surface area contributed by atoms with Gasteiger partial charge in [0.1, 0.15) is 18.3 Å². The van der Waals surface area contributed by atoms with Crippen LogP contribution in [0.15, 0.2) is 48.5 Å². The summed E-state index contributed by atoms with van der Waals surface area (Å²) in [6.07, 6.45) is 0.990. The number of hydrogen-bond donors (Lipinski definition) is 1. The van der Waals surface area contributed by atoms with Crippen molar-refractivity contribution in [2.75, 3.05) is 24.2 Å². The summed E-state index contributed by atoms with van der Waals surface area (Å²) in [6.45, 7) is 6.15. The molecule has 0 aliphatic rings. The van der Waals surface area contributed by atoms with E-state index in [2.05, 4.69) is 5.32 Å². The van der Waals surface area contributed by atoms with Crippen molar-refractivity contribution in [3.8, 4) is 5.75 Å². The van der Waals surface area contributed by atoms with Gasteiger partial charge in [0.25, 0.3) is 0 Å². The van der Waals surface area contributed by atoms with E-state index in [0.29, 0.717) is 11.3 Å². The predicted molar refractivity (Wildman–Crippen MR) is 135 cm³/mol. The molecule has 190 valence electrons. The molecular weight excluding hydrogens is 470 g/mol. The summed E-state index contributed by atoms with van der Waals surface area (Å²) >= 11 is 0. The highest BCUT2D eigenvalue weighted by Crippen LogP contribution is 2.21. The number of sulfonamides is 1. The number of ketones is 1. The van der Waals surface area contributed by atoms with Gasteiger partial charge in [-0.25, -0.2) is 8.42 Å². The Balaban J connectivity index is 2.42. The molecule has 2 aromatic carbocycles. The minimum atomic E-state index is -3.88. The molecule has 0 aromatic heterocycles. The molecule has 0 aliphatic heterocycles. The third-order valence-electron chi connectivity index (χ3n) is 5.33. The maximum absolute atomic E-state index is 13.5. The van der Waals surface area contributed by atoms with Crippen LogP contribution in [0.1, 0.15) is 43.6 Å².